The van der Waals surface area contributed by atoms with Crippen LogP contribution in [-0.2, 0) is 0 Å². The lowest BCUT2D eigenvalue weighted by molar-refractivity contribution is 0.102. The Morgan fingerprint density at radius 2 is 2.16 bits per heavy atom. The fraction of sp³-hybridized carbons (Fsp3) is 0. The van der Waals surface area contributed by atoms with E-state index >= 15 is 0 Å². The van der Waals surface area contributed by atoms with E-state index in [9.17, 15) is 4.79 Å². The Morgan fingerprint density at radius 3 is 2.95 bits per heavy atom. The van der Waals surface area contributed by atoms with Crippen molar-refractivity contribution in [1.29, 1.82) is 0 Å². The molecule has 0 unspecified atom stereocenters. The first kappa shape index (κ1) is 12.0. The highest BCUT2D eigenvalue weighted by molar-refractivity contribution is 7.17. The van der Waals surface area contributed by atoms with Crippen LogP contribution < -0.4 is 5.32 Å². The normalized spacial score (nSPS) is 10.6. The molecule has 1 N–H and O–H groups in total. The van der Waals surface area contributed by atoms with Crippen molar-refractivity contribution >= 4 is 45.3 Å². The summed E-state index contributed by atoms with van der Waals surface area (Å²) in [5, 5.41) is 12.2. The SMILES string of the molecule is O=C(Nc1cccc2cnccc12)c1nnc(Cl)s1. The molecule has 0 fully saturated rings. The Kier molecular flexibility index (Phi) is 3.10. The highest BCUT2D eigenvalue weighted by atomic mass is 35.5. The van der Waals surface area contributed by atoms with E-state index in [1.54, 1.807) is 12.4 Å². The molecular formula is C12H7ClN4OS. The molecule has 0 saturated heterocycles. The summed E-state index contributed by atoms with van der Waals surface area (Å²) < 4.78 is 0.243. The van der Waals surface area contributed by atoms with Gasteiger partial charge in [0.15, 0.2) is 0 Å². The van der Waals surface area contributed by atoms with Gasteiger partial charge in [-0.15, -0.1) is 10.2 Å². The Morgan fingerprint density at radius 1 is 1.26 bits per heavy atom. The summed E-state index contributed by atoms with van der Waals surface area (Å²) in [4.78, 5) is 16.0. The Balaban J connectivity index is 1.95. The van der Waals surface area contributed by atoms with E-state index in [0.29, 0.717) is 5.69 Å². The molecule has 0 bridgehead atoms. The van der Waals surface area contributed by atoms with E-state index in [0.717, 1.165) is 22.1 Å². The molecule has 2 aromatic heterocycles. The zero-order chi connectivity index (χ0) is 13.2. The molecule has 0 aliphatic rings. The Bertz CT molecular complexity index is 753. The third kappa shape index (κ3) is 2.40. The summed E-state index contributed by atoms with van der Waals surface area (Å²) in [6, 6.07) is 7.45. The van der Waals surface area contributed by atoms with Crippen molar-refractivity contribution in [2.45, 2.75) is 0 Å². The molecular weight excluding hydrogens is 284 g/mol. The molecule has 5 nitrogen and oxygen atoms in total. The summed E-state index contributed by atoms with van der Waals surface area (Å²) in [5.41, 5.74) is 0.705. The van der Waals surface area contributed by atoms with Gasteiger partial charge in [0.2, 0.25) is 9.47 Å². The predicted molar refractivity (Wildman–Crippen MR) is 74.6 cm³/mol. The third-order valence-corrected chi connectivity index (χ3v) is 3.54. The zero-order valence-electron chi connectivity index (χ0n) is 9.50. The van der Waals surface area contributed by atoms with Crippen LogP contribution in [0.1, 0.15) is 9.80 Å². The Hall–Kier alpha value is -2.05. The summed E-state index contributed by atoms with van der Waals surface area (Å²) in [6.07, 6.45) is 3.42. The van der Waals surface area contributed by atoms with Crippen LogP contribution in [0.5, 0.6) is 0 Å². The molecule has 7 heteroatoms. The zero-order valence-corrected chi connectivity index (χ0v) is 11.1. The molecule has 0 saturated carbocycles. The van der Waals surface area contributed by atoms with Gasteiger partial charge in [-0.05, 0) is 23.7 Å². The molecule has 0 aliphatic heterocycles. The average Bonchev–Trinajstić information content (AvgIpc) is 2.86. The summed E-state index contributed by atoms with van der Waals surface area (Å²) in [5.74, 6) is -0.325. The predicted octanol–water partition coefficient (Wildman–Crippen LogP) is 2.99. The maximum absolute atomic E-state index is 12.0. The third-order valence-electron chi connectivity index (χ3n) is 2.52. The van der Waals surface area contributed by atoms with Gasteiger partial charge in [0.25, 0.3) is 5.91 Å². The number of halogens is 1. The minimum absolute atomic E-state index is 0.232. The first-order valence-corrected chi connectivity index (χ1v) is 6.56. The van der Waals surface area contributed by atoms with Crippen molar-refractivity contribution in [3.05, 3.63) is 46.1 Å². The molecule has 0 spiro atoms. The Labute approximate surface area is 117 Å². The number of benzene rings is 1. The standard InChI is InChI=1S/C12H7ClN4OS/c13-12-17-16-11(19-12)10(18)15-9-3-1-2-7-6-14-5-4-8(7)9/h1-6H,(H,15,18). The second-order valence-electron chi connectivity index (χ2n) is 3.72. The van der Waals surface area contributed by atoms with E-state index in [1.165, 1.54) is 0 Å². The number of carbonyl (C=O) groups is 1. The molecule has 0 radical (unpaired) electrons. The van der Waals surface area contributed by atoms with Gasteiger partial charge in [0, 0.05) is 28.9 Å². The maximum Gasteiger partial charge on any atom is 0.286 e. The quantitative estimate of drug-likeness (QED) is 0.788. The highest BCUT2D eigenvalue weighted by Gasteiger charge is 2.13. The van der Waals surface area contributed by atoms with Crippen LogP contribution in [-0.4, -0.2) is 21.1 Å². The summed E-state index contributed by atoms with van der Waals surface area (Å²) in [7, 11) is 0. The monoisotopic (exact) mass is 290 g/mol. The number of hydrogen-bond donors (Lipinski definition) is 1. The molecule has 3 aromatic rings. The van der Waals surface area contributed by atoms with Crippen molar-refractivity contribution in [2.75, 3.05) is 5.32 Å². The molecule has 2 heterocycles. The van der Waals surface area contributed by atoms with Crippen molar-refractivity contribution in [2.24, 2.45) is 0 Å². The lowest BCUT2D eigenvalue weighted by atomic mass is 10.1. The van der Waals surface area contributed by atoms with Gasteiger partial charge in [-0.3, -0.25) is 9.78 Å². The van der Waals surface area contributed by atoms with Crippen molar-refractivity contribution in [1.82, 2.24) is 15.2 Å². The van der Waals surface area contributed by atoms with E-state index in [-0.39, 0.29) is 15.4 Å². The van der Waals surface area contributed by atoms with Crippen LogP contribution in [0.2, 0.25) is 4.47 Å². The first-order valence-electron chi connectivity index (χ1n) is 5.37. The number of fused-ring (bicyclic) bond motifs is 1. The van der Waals surface area contributed by atoms with E-state index in [4.69, 9.17) is 11.6 Å². The second-order valence-corrected chi connectivity index (χ2v) is 5.28. The van der Waals surface area contributed by atoms with Gasteiger partial charge in [0.05, 0.1) is 0 Å². The fourth-order valence-corrected chi connectivity index (χ4v) is 2.43. The van der Waals surface area contributed by atoms with Gasteiger partial charge in [-0.2, -0.15) is 0 Å². The van der Waals surface area contributed by atoms with E-state index < -0.39 is 0 Å². The molecule has 3 rings (SSSR count). The van der Waals surface area contributed by atoms with E-state index in [2.05, 4.69) is 20.5 Å². The first-order chi connectivity index (χ1) is 9.24. The van der Waals surface area contributed by atoms with Crippen LogP contribution in [0.25, 0.3) is 10.8 Å². The molecule has 0 atom stereocenters. The number of hydrogen-bond acceptors (Lipinski definition) is 5. The number of pyridine rings is 1. The van der Waals surface area contributed by atoms with Crippen molar-refractivity contribution < 1.29 is 4.79 Å². The van der Waals surface area contributed by atoms with Gasteiger partial charge in [-0.25, -0.2) is 0 Å². The smallest absolute Gasteiger partial charge is 0.286 e. The summed E-state index contributed by atoms with van der Waals surface area (Å²) in [6.45, 7) is 0. The number of nitrogens with one attached hydrogen (secondary N) is 1. The van der Waals surface area contributed by atoms with Crippen LogP contribution in [0.3, 0.4) is 0 Å². The van der Waals surface area contributed by atoms with Gasteiger partial charge in [-0.1, -0.05) is 23.5 Å². The second kappa shape index (κ2) is 4.91. The number of amides is 1. The van der Waals surface area contributed by atoms with Crippen molar-refractivity contribution in [3.63, 3.8) is 0 Å². The number of anilines is 1. The van der Waals surface area contributed by atoms with Gasteiger partial charge < -0.3 is 5.32 Å². The van der Waals surface area contributed by atoms with Gasteiger partial charge >= 0.3 is 0 Å². The average molecular weight is 291 g/mol. The van der Waals surface area contributed by atoms with Crippen LogP contribution in [0, 0.1) is 0 Å². The van der Waals surface area contributed by atoms with Crippen LogP contribution >= 0.6 is 22.9 Å². The number of nitrogens with zero attached hydrogens (tertiary/aromatic N) is 3. The van der Waals surface area contributed by atoms with Crippen molar-refractivity contribution in [3.8, 4) is 0 Å². The van der Waals surface area contributed by atoms with Crippen LogP contribution in [0.4, 0.5) is 5.69 Å². The van der Waals surface area contributed by atoms with Crippen LogP contribution in [0.15, 0.2) is 36.7 Å². The lowest BCUT2D eigenvalue weighted by Gasteiger charge is -2.06. The fourth-order valence-electron chi connectivity index (χ4n) is 1.70. The topological polar surface area (TPSA) is 67.8 Å². The summed E-state index contributed by atoms with van der Waals surface area (Å²) >= 11 is 6.70. The molecule has 94 valence electrons. The number of carbonyl (C=O) groups excluding carboxylic acids is 1. The minimum Gasteiger partial charge on any atom is -0.319 e. The number of aromatic nitrogens is 3. The molecule has 1 aromatic carbocycles. The lowest BCUT2D eigenvalue weighted by Crippen LogP contribution is -2.11. The largest absolute Gasteiger partial charge is 0.319 e. The maximum atomic E-state index is 12.0. The highest BCUT2D eigenvalue weighted by Crippen LogP contribution is 2.23. The van der Waals surface area contributed by atoms with Gasteiger partial charge in [0.1, 0.15) is 0 Å². The van der Waals surface area contributed by atoms with E-state index in [1.807, 2.05) is 24.3 Å². The molecule has 19 heavy (non-hydrogen) atoms. The number of rotatable bonds is 2. The molecule has 0 aliphatic carbocycles. The molecule has 1 amide bonds. The minimum atomic E-state index is -0.325.